The van der Waals surface area contributed by atoms with Crippen LogP contribution in [0, 0.1) is 13.8 Å². The van der Waals surface area contributed by atoms with Crippen LogP contribution in [0.4, 0.5) is 11.4 Å². The second-order valence-electron chi connectivity index (χ2n) is 5.12. The van der Waals surface area contributed by atoms with Crippen molar-refractivity contribution in [3.63, 3.8) is 0 Å². The molecule has 0 spiro atoms. The van der Waals surface area contributed by atoms with Gasteiger partial charge in [0.15, 0.2) is 0 Å². The number of aryl methyl sites for hydroxylation is 2. The maximum atomic E-state index is 11.9. The molecule has 6 nitrogen and oxygen atoms in total. The van der Waals surface area contributed by atoms with Crippen molar-refractivity contribution in [3.05, 3.63) is 59.2 Å². The van der Waals surface area contributed by atoms with Crippen molar-refractivity contribution in [1.82, 2.24) is 5.32 Å². The Labute approximate surface area is 133 Å². The average molecular weight is 311 g/mol. The monoisotopic (exact) mass is 311 g/mol. The third kappa shape index (κ3) is 3.94. The largest absolute Gasteiger partial charge is 0.398 e. The molecule has 0 unspecified atom stereocenters. The van der Waals surface area contributed by atoms with E-state index < -0.39 is 17.7 Å². The number of nitrogen functional groups attached to an aromatic ring is 1. The lowest BCUT2D eigenvalue weighted by Crippen LogP contribution is -2.39. The summed E-state index contributed by atoms with van der Waals surface area (Å²) < 4.78 is 0. The SMILES string of the molecule is Cc1ccc(NC(=O)C(=O)NC(=O)c2ccccc2N)cc1C. The first-order chi connectivity index (χ1) is 10.9. The molecule has 0 aliphatic heterocycles. The lowest BCUT2D eigenvalue weighted by molar-refractivity contribution is -0.135. The topological polar surface area (TPSA) is 101 Å². The van der Waals surface area contributed by atoms with Gasteiger partial charge < -0.3 is 11.1 Å². The molecule has 0 saturated carbocycles. The third-order valence-electron chi connectivity index (χ3n) is 3.40. The molecular weight excluding hydrogens is 294 g/mol. The molecule has 2 rings (SSSR count). The minimum absolute atomic E-state index is 0.139. The maximum Gasteiger partial charge on any atom is 0.316 e. The Balaban J connectivity index is 2.02. The van der Waals surface area contributed by atoms with E-state index in [1.54, 1.807) is 24.3 Å². The summed E-state index contributed by atoms with van der Waals surface area (Å²) in [5.41, 5.74) is 8.56. The number of para-hydroxylation sites is 1. The molecule has 23 heavy (non-hydrogen) atoms. The molecule has 0 aliphatic carbocycles. The summed E-state index contributed by atoms with van der Waals surface area (Å²) in [6.45, 7) is 3.84. The second kappa shape index (κ2) is 6.74. The van der Waals surface area contributed by atoms with Crippen molar-refractivity contribution < 1.29 is 14.4 Å². The molecule has 118 valence electrons. The number of carbonyl (C=O) groups excluding carboxylic acids is 3. The summed E-state index contributed by atoms with van der Waals surface area (Å²) in [6, 6.07) is 11.6. The van der Waals surface area contributed by atoms with Crippen molar-refractivity contribution >= 4 is 29.1 Å². The molecule has 4 N–H and O–H groups in total. The van der Waals surface area contributed by atoms with Crippen LogP contribution in [-0.4, -0.2) is 17.7 Å². The number of rotatable bonds is 2. The minimum Gasteiger partial charge on any atom is -0.398 e. The van der Waals surface area contributed by atoms with Gasteiger partial charge in [-0.2, -0.15) is 0 Å². The number of benzene rings is 2. The van der Waals surface area contributed by atoms with Gasteiger partial charge in [0.2, 0.25) is 0 Å². The first-order valence-corrected chi connectivity index (χ1v) is 6.97. The summed E-state index contributed by atoms with van der Waals surface area (Å²) in [5, 5.41) is 4.46. The van der Waals surface area contributed by atoms with E-state index in [0.29, 0.717) is 5.69 Å². The van der Waals surface area contributed by atoms with Crippen molar-refractivity contribution in [2.24, 2.45) is 0 Å². The van der Waals surface area contributed by atoms with Crippen molar-refractivity contribution in [2.45, 2.75) is 13.8 Å². The molecule has 0 heterocycles. The van der Waals surface area contributed by atoms with Crippen molar-refractivity contribution in [2.75, 3.05) is 11.1 Å². The fraction of sp³-hybridized carbons (Fsp3) is 0.118. The molecule has 0 saturated heterocycles. The Kier molecular flexibility index (Phi) is 4.75. The van der Waals surface area contributed by atoms with Gasteiger partial charge >= 0.3 is 11.8 Å². The molecule has 2 aromatic carbocycles. The predicted molar refractivity (Wildman–Crippen MR) is 87.9 cm³/mol. The fourth-order valence-corrected chi connectivity index (χ4v) is 1.94. The molecule has 2 aromatic rings. The number of carbonyl (C=O) groups is 3. The molecular formula is C17H17N3O3. The Morgan fingerprint density at radius 3 is 2.26 bits per heavy atom. The van der Waals surface area contributed by atoms with Crippen LogP contribution in [0.2, 0.25) is 0 Å². The van der Waals surface area contributed by atoms with Gasteiger partial charge in [0.1, 0.15) is 0 Å². The number of anilines is 2. The fourth-order valence-electron chi connectivity index (χ4n) is 1.94. The van der Waals surface area contributed by atoms with Gasteiger partial charge in [-0.25, -0.2) is 0 Å². The van der Waals surface area contributed by atoms with Crippen LogP contribution in [-0.2, 0) is 9.59 Å². The predicted octanol–water partition coefficient (Wildman–Crippen LogP) is 1.78. The van der Waals surface area contributed by atoms with Crippen LogP contribution in [0.1, 0.15) is 21.5 Å². The molecule has 6 heteroatoms. The van der Waals surface area contributed by atoms with Crippen molar-refractivity contribution in [3.8, 4) is 0 Å². The standard InChI is InChI=1S/C17H17N3O3/c1-10-7-8-12(9-11(10)2)19-16(22)17(23)20-15(21)13-5-3-4-6-14(13)18/h3-9H,18H2,1-2H3,(H,19,22)(H,20,21,23). The van der Waals surface area contributed by atoms with Crippen LogP contribution in [0.15, 0.2) is 42.5 Å². The summed E-state index contributed by atoms with van der Waals surface area (Å²) in [7, 11) is 0. The zero-order valence-corrected chi connectivity index (χ0v) is 12.8. The number of nitrogens with two attached hydrogens (primary N) is 1. The molecule has 0 atom stereocenters. The summed E-state index contributed by atoms with van der Waals surface area (Å²) in [5.74, 6) is -2.68. The number of imide groups is 1. The van der Waals surface area contributed by atoms with E-state index in [4.69, 9.17) is 5.73 Å². The van der Waals surface area contributed by atoms with Gasteiger partial charge in [-0.3, -0.25) is 19.7 Å². The van der Waals surface area contributed by atoms with E-state index in [9.17, 15) is 14.4 Å². The van der Waals surface area contributed by atoms with Gasteiger partial charge in [-0.1, -0.05) is 18.2 Å². The highest BCUT2D eigenvalue weighted by molar-refractivity contribution is 6.42. The number of hydrogen-bond donors (Lipinski definition) is 3. The summed E-state index contributed by atoms with van der Waals surface area (Å²) in [4.78, 5) is 35.6. The Bertz CT molecular complexity index is 784. The molecule has 3 amide bonds. The Morgan fingerprint density at radius 1 is 0.913 bits per heavy atom. The van der Waals surface area contributed by atoms with Gasteiger partial charge in [-0.15, -0.1) is 0 Å². The molecule has 0 fully saturated rings. The van der Waals surface area contributed by atoms with Crippen LogP contribution < -0.4 is 16.4 Å². The van der Waals surface area contributed by atoms with E-state index in [-0.39, 0.29) is 11.3 Å². The quantitative estimate of drug-likeness (QED) is 0.581. The number of amides is 3. The smallest absolute Gasteiger partial charge is 0.316 e. The van der Waals surface area contributed by atoms with E-state index in [0.717, 1.165) is 11.1 Å². The van der Waals surface area contributed by atoms with Crippen LogP contribution in [0.3, 0.4) is 0 Å². The minimum atomic E-state index is -1.04. The van der Waals surface area contributed by atoms with E-state index in [1.807, 2.05) is 25.2 Å². The highest BCUT2D eigenvalue weighted by Crippen LogP contribution is 2.14. The number of hydrogen-bond acceptors (Lipinski definition) is 4. The van der Waals surface area contributed by atoms with Crippen LogP contribution in [0.25, 0.3) is 0 Å². The van der Waals surface area contributed by atoms with Gasteiger partial charge in [0.25, 0.3) is 5.91 Å². The van der Waals surface area contributed by atoms with Gasteiger partial charge in [0.05, 0.1) is 5.56 Å². The van der Waals surface area contributed by atoms with Gasteiger partial charge in [-0.05, 0) is 49.2 Å². The maximum absolute atomic E-state index is 11.9. The highest BCUT2D eigenvalue weighted by atomic mass is 16.2. The molecule has 0 radical (unpaired) electrons. The van der Waals surface area contributed by atoms with Gasteiger partial charge in [0, 0.05) is 11.4 Å². The zero-order valence-electron chi connectivity index (χ0n) is 12.8. The van der Waals surface area contributed by atoms with E-state index in [2.05, 4.69) is 5.32 Å². The molecule has 0 bridgehead atoms. The van der Waals surface area contributed by atoms with E-state index in [1.165, 1.54) is 12.1 Å². The summed E-state index contributed by atoms with van der Waals surface area (Å²) in [6.07, 6.45) is 0. The molecule has 0 aliphatic rings. The summed E-state index contributed by atoms with van der Waals surface area (Å²) >= 11 is 0. The molecule has 0 aromatic heterocycles. The second-order valence-corrected chi connectivity index (χ2v) is 5.12. The zero-order chi connectivity index (χ0) is 17.0. The average Bonchev–Trinajstić information content (AvgIpc) is 2.51. The lowest BCUT2D eigenvalue weighted by atomic mass is 10.1. The van der Waals surface area contributed by atoms with E-state index >= 15 is 0 Å². The number of nitrogens with one attached hydrogen (secondary N) is 2. The lowest BCUT2D eigenvalue weighted by Gasteiger charge is -2.08. The van der Waals surface area contributed by atoms with Crippen LogP contribution in [0.5, 0.6) is 0 Å². The Hall–Kier alpha value is -3.15. The first kappa shape index (κ1) is 16.2. The normalized spacial score (nSPS) is 10.0. The first-order valence-electron chi connectivity index (χ1n) is 6.97. The highest BCUT2D eigenvalue weighted by Gasteiger charge is 2.19. The van der Waals surface area contributed by atoms with Crippen LogP contribution >= 0.6 is 0 Å². The van der Waals surface area contributed by atoms with Crippen molar-refractivity contribution in [1.29, 1.82) is 0 Å². The third-order valence-corrected chi connectivity index (χ3v) is 3.40. The Morgan fingerprint density at radius 2 is 1.61 bits per heavy atom.